The molecule has 0 radical (unpaired) electrons. The van der Waals surface area contributed by atoms with Gasteiger partial charge in [-0.15, -0.1) is 0 Å². The molecule has 6 rings (SSSR count). The Morgan fingerprint density at radius 1 is 0.557 bits per heavy atom. The molecule has 70 heavy (non-hydrogen) atoms. The molecule has 0 saturated carbocycles. The SMILES string of the molecule is [N-]=[N+]=N[C@H]1[C@H](O[C@H]2[C@@H](O)[C@@H](CO)O[C@@H](O[C@H]3[C@H](O)[C@@H](O)[C@H](OCCCCCN(Cc4ccccc4)C(=O)OCc4ccccc4)O[C@@H]3CO)[C@@H]2O)O[C@H](CO)[C@@H](O[C@@H]2O[C@H](CO)[C@H](O)[C@H](O)[C@H]2O)[C@@H]1O. The molecule has 0 aliphatic carbocycles. The third-order valence-corrected chi connectivity index (χ3v) is 12.4. The van der Waals surface area contributed by atoms with E-state index in [1.165, 1.54) is 0 Å². The van der Waals surface area contributed by atoms with Gasteiger partial charge < -0.3 is 109 Å². The molecule has 4 saturated heterocycles. The van der Waals surface area contributed by atoms with E-state index in [0.717, 1.165) is 11.1 Å². The number of amides is 1. The number of rotatable bonds is 22. The van der Waals surface area contributed by atoms with Gasteiger partial charge in [0.2, 0.25) is 0 Å². The van der Waals surface area contributed by atoms with Crippen LogP contribution in [0.5, 0.6) is 0 Å². The number of aliphatic hydroxyl groups is 12. The highest BCUT2D eigenvalue weighted by atomic mass is 16.8. The van der Waals surface area contributed by atoms with E-state index in [-0.39, 0.29) is 13.2 Å². The van der Waals surface area contributed by atoms with E-state index in [9.17, 15) is 71.6 Å². The lowest BCUT2D eigenvalue weighted by Gasteiger charge is -2.49. The molecular formula is C44H64N4O22. The van der Waals surface area contributed by atoms with Crippen LogP contribution in [0.1, 0.15) is 30.4 Å². The van der Waals surface area contributed by atoms with Crippen molar-refractivity contribution >= 4 is 6.09 Å². The zero-order valence-electron chi connectivity index (χ0n) is 37.8. The van der Waals surface area contributed by atoms with E-state index in [4.69, 9.17) is 42.6 Å². The number of carbonyl (C=O) groups is 1. The average Bonchev–Trinajstić information content (AvgIpc) is 3.37. The Bertz CT molecular complexity index is 1910. The molecule has 2 aromatic rings. The Hall–Kier alpha value is -3.78. The first-order valence-electron chi connectivity index (χ1n) is 22.9. The Balaban J connectivity index is 1.03. The summed E-state index contributed by atoms with van der Waals surface area (Å²) < 4.78 is 51.2. The monoisotopic (exact) mass is 1000 g/mol. The molecule has 12 N–H and O–H groups in total. The highest BCUT2D eigenvalue weighted by molar-refractivity contribution is 5.67. The molecule has 0 spiro atoms. The molecule has 2 aromatic carbocycles. The summed E-state index contributed by atoms with van der Waals surface area (Å²) in [6, 6.07) is 16.9. The molecule has 392 valence electrons. The van der Waals surface area contributed by atoms with Crippen molar-refractivity contribution in [3.05, 3.63) is 82.2 Å². The van der Waals surface area contributed by atoms with Gasteiger partial charge in [0.15, 0.2) is 25.2 Å². The van der Waals surface area contributed by atoms with Gasteiger partial charge in [0.05, 0.1) is 32.5 Å². The lowest BCUT2D eigenvalue weighted by molar-refractivity contribution is -0.380. The number of hydrogen-bond acceptors (Lipinski definition) is 23. The summed E-state index contributed by atoms with van der Waals surface area (Å²) in [7, 11) is 0. The second kappa shape index (κ2) is 26.8. The molecule has 4 aliphatic heterocycles. The molecular weight excluding hydrogens is 936 g/mol. The first-order chi connectivity index (χ1) is 33.7. The van der Waals surface area contributed by atoms with Gasteiger partial charge in [0.25, 0.3) is 0 Å². The van der Waals surface area contributed by atoms with Crippen LogP contribution in [0.4, 0.5) is 4.79 Å². The zero-order valence-corrected chi connectivity index (χ0v) is 37.8. The van der Waals surface area contributed by atoms with E-state index in [0.29, 0.717) is 32.4 Å². The molecule has 4 aliphatic rings. The quantitative estimate of drug-likeness (QED) is 0.0237. The smallest absolute Gasteiger partial charge is 0.410 e. The first kappa shape index (κ1) is 55.5. The fourth-order valence-electron chi connectivity index (χ4n) is 8.47. The van der Waals surface area contributed by atoms with Crippen LogP contribution in [0, 0.1) is 0 Å². The van der Waals surface area contributed by atoms with Gasteiger partial charge in [-0.05, 0) is 35.9 Å². The van der Waals surface area contributed by atoms with Crippen molar-refractivity contribution in [3.8, 4) is 0 Å². The lowest BCUT2D eigenvalue weighted by atomic mass is 9.95. The summed E-state index contributed by atoms with van der Waals surface area (Å²) in [5.41, 5.74) is 11.2. The number of unbranched alkanes of at least 4 members (excludes halogenated alkanes) is 2. The maximum Gasteiger partial charge on any atom is 0.410 e. The summed E-state index contributed by atoms with van der Waals surface area (Å²) in [5.74, 6) is 0. The van der Waals surface area contributed by atoms with Gasteiger partial charge in [-0.25, -0.2) is 4.79 Å². The zero-order chi connectivity index (χ0) is 50.5. The summed E-state index contributed by atoms with van der Waals surface area (Å²) in [6.07, 6.45) is -32.4. The lowest BCUT2D eigenvalue weighted by Crippen LogP contribution is -2.67. The van der Waals surface area contributed by atoms with E-state index in [2.05, 4.69) is 10.0 Å². The predicted octanol–water partition coefficient (Wildman–Crippen LogP) is -3.40. The number of hydrogen-bond donors (Lipinski definition) is 12. The molecule has 4 fully saturated rings. The van der Waals surface area contributed by atoms with Gasteiger partial charge in [-0.3, -0.25) is 0 Å². The minimum atomic E-state index is -2.06. The maximum atomic E-state index is 13.1. The minimum Gasteiger partial charge on any atom is -0.445 e. The first-order valence-corrected chi connectivity index (χ1v) is 22.9. The molecule has 0 unspecified atom stereocenters. The van der Waals surface area contributed by atoms with Gasteiger partial charge in [-0.1, -0.05) is 65.8 Å². The van der Waals surface area contributed by atoms with Crippen molar-refractivity contribution in [3.63, 3.8) is 0 Å². The van der Waals surface area contributed by atoms with Crippen LogP contribution in [-0.4, -0.2) is 235 Å². The van der Waals surface area contributed by atoms with Crippen LogP contribution in [0.25, 0.3) is 10.4 Å². The fraction of sp³-hybridized carbons (Fsp3) is 0.705. The molecule has 26 heteroatoms. The van der Waals surface area contributed by atoms with Crippen LogP contribution >= 0.6 is 0 Å². The number of benzene rings is 2. The van der Waals surface area contributed by atoms with Crippen molar-refractivity contribution < 1.29 is 109 Å². The second-order valence-corrected chi connectivity index (χ2v) is 17.2. The predicted molar refractivity (Wildman–Crippen MR) is 232 cm³/mol. The summed E-state index contributed by atoms with van der Waals surface area (Å²) >= 11 is 0. The molecule has 26 nitrogen and oxygen atoms in total. The second-order valence-electron chi connectivity index (χ2n) is 17.2. The molecule has 20 atom stereocenters. The van der Waals surface area contributed by atoms with Gasteiger partial charge in [0, 0.05) is 24.6 Å². The van der Waals surface area contributed by atoms with Gasteiger partial charge >= 0.3 is 6.09 Å². The van der Waals surface area contributed by atoms with Crippen LogP contribution < -0.4 is 0 Å². The summed E-state index contributed by atoms with van der Waals surface area (Å²) in [6.45, 7) is -2.65. The largest absolute Gasteiger partial charge is 0.445 e. The molecule has 0 aromatic heterocycles. The van der Waals surface area contributed by atoms with Gasteiger partial charge in [0.1, 0.15) is 98.1 Å². The number of azide groups is 1. The van der Waals surface area contributed by atoms with Crippen molar-refractivity contribution in [2.75, 3.05) is 39.6 Å². The van der Waals surface area contributed by atoms with Crippen LogP contribution in [-0.2, 0) is 55.8 Å². The van der Waals surface area contributed by atoms with Crippen molar-refractivity contribution in [1.82, 2.24) is 4.90 Å². The fourth-order valence-corrected chi connectivity index (χ4v) is 8.47. The van der Waals surface area contributed by atoms with E-state index in [1.807, 2.05) is 60.7 Å². The average molecular weight is 1000 g/mol. The number of ether oxygens (including phenoxy) is 9. The van der Waals surface area contributed by atoms with E-state index in [1.54, 1.807) is 4.90 Å². The normalized spacial score (nSPS) is 37.8. The van der Waals surface area contributed by atoms with Crippen LogP contribution in [0.15, 0.2) is 65.8 Å². The number of aliphatic hydroxyl groups excluding tert-OH is 12. The Morgan fingerprint density at radius 2 is 1.07 bits per heavy atom. The summed E-state index contributed by atoms with van der Waals surface area (Å²) in [5, 5.41) is 131. The van der Waals surface area contributed by atoms with Crippen LogP contribution in [0.3, 0.4) is 0 Å². The van der Waals surface area contributed by atoms with Crippen LogP contribution in [0.2, 0.25) is 0 Å². The van der Waals surface area contributed by atoms with Crippen molar-refractivity contribution in [2.24, 2.45) is 5.11 Å². The maximum absolute atomic E-state index is 13.1. The Morgan fingerprint density at radius 3 is 1.67 bits per heavy atom. The van der Waals surface area contributed by atoms with E-state index < -0.39 is 155 Å². The number of nitrogens with zero attached hydrogens (tertiary/aromatic N) is 4. The van der Waals surface area contributed by atoms with Crippen molar-refractivity contribution in [2.45, 2.75) is 155 Å². The standard InChI is InChI=1S/C44H64N4O22/c45-47-46-28-31(55)37(68-42-34(58)32(56)29(53)24(17-49)64-42)26(19-51)66-40(28)70-39-30(54)25(18-50)65-43(36(39)60)69-38-27(20-52)67-41(35(59)33(38)57)62-15-9-3-8-14-48(16-22-10-4-1-5-11-22)44(61)63-21-23-12-6-2-7-13-23/h1-2,4-7,10-13,24-43,49-60H,3,8-9,14-21H2/t24-,25-,26-,27-,28-,29+,30+,31-,32+,33-,34-,35-,36-,37-,38-,39+,40+,41-,42+,43+/m1/s1. The third-order valence-electron chi connectivity index (χ3n) is 12.4. The highest BCUT2D eigenvalue weighted by Crippen LogP contribution is 2.35. The number of carbonyl (C=O) groups excluding carboxylic acids is 1. The van der Waals surface area contributed by atoms with Gasteiger partial charge in [-0.2, -0.15) is 0 Å². The molecule has 4 heterocycles. The topological polar surface area (TPSA) is 395 Å². The minimum absolute atomic E-state index is 0.0291. The molecule has 1 amide bonds. The van der Waals surface area contributed by atoms with Crippen molar-refractivity contribution in [1.29, 1.82) is 0 Å². The summed E-state index contributed by atoms with van der Waals surface area (Å²) in [4.78, 5) is 17.4. The Labute approximate surface area is 401 Å². The molecule has 0 bridgehead atoms. The third kappa shape index (κ3) is 13.6. The Kier molecular flexibility index (Phi) is 21.2. The highest BCUT2D eigenvalue weighted by Gasteiger charge is 2.55. The van der Waals surface area contributed by atoms with E-state index >= 15 is 0 Å².